The molecule has 4 aromatic rings. The summed E-state index contributed by atoms with van der Waals surface area (Å²) in [7, 11) is 1.84. The first-order valence-corrected chi connectivity index (χ1v) is 9.22. The maximum absolute atomic E-state index is 6.14. The first-order chi connectivity index (χ1) is 13.7. The molecular formula is C18H18N10. The van der Waals surface area contributed by atoms with Crippen LogP contribution in [0.2, 0.25) is 0 Å². The van der Waals surface area contributed by atoms with E-state index in [4.69, 9.17) is 15.7 Å². The molecule has 1 aliphatic carbocycles. The third kappa shape index (κ3) is 2.12. The monoisotopic (exact) mass is 374 g/mol. The Morgan fingerprint density at radius 1 is 1.11 bits per heavy atom. The SMILES string of the molecule is CNc1ncnc2c1[nH]c1nc(-c3cncnc3)nc(N3CC4C(N)C4C3)c12. The van der Waals surface area contributed by atoms with Crippen LogP contribution in [0.15, 0.2) is 25.0 Å². The van der Waals surface area contributed by atoms with Crippen molar-refractivity contribution in [1.82, 2.24) is 34.9 Å². The fourth-order valence-electron chi connectivity index (χ4n) is 4.28. The van der Waals surface area contributed by atoms with Crippen LogP contribution in [-0.4, -0.2) is 61.1 Å². The van der Waals surface area contributed by atoms with Crippen molar-refractivity contribution in [3.05, 3.63) is 25.0 Å². The Labute approximate surface area is 159 Å². The minimum atomic E-state index is 0.316. The maximum Gasteiger partial charge on any atom is 0.167 e. The van der Waals surface area contributed by atoms with Gasteiger partial charge in [0.05, 0.1) is 10.9 Å². The molecule has 1 saturated heterocycles. The maximum atomic E-state index is 6.14. The highest BCUT2D eigenvalue weighted by atomic mass is 15.3. The standard InChI is InChI=1S/C18H18N10/c1-20-17-14-13(23-7-24-17)11-16(25-14)26-15(8-2-21-6-22-3-8)27-18(11)28-4-9-10(5-28)12(9)19/h2-3,6-7,9-10,12H,4-5,19H2,1H3,(H,20,23,24)(H,25,26,27). The summed E-state index contributed by atoms with van der Waals surface area (Å²) in [6, 6.07) is 0.316. The summed E-state index contributed by atoms with van der Waals surface area (Å²) in [4.78, 5) is 32.3. The summed E-state index contributed by atoms with van der Waals surface area (Å²) in [6.45, 7) is 1.80. The zero-order valence-corrected chi connectivity index (χ0v) is 15.2. The van der Waals surface area contributed by atoms with Crippen molar-refractivity contribution in [3.63, 3.8) is 0 Å². The number of fused-ring (bicyclic) bond motifs is 4. The van der Waals surface area contributed by atoms with E-state index in [1.165, 1.54) is 6.33 Å². The lowest BCUT2D eigenvalue weighted by molar-refractivity contribution is 0.737. The fraction of sp³-hybridized carbons (Fsp3) is 0.333. The average molecular weight is 374 g/mol. The van der Waals surface area contributed by atoms with Crippen molar-refractivity contribution in [1.29, 1.82) is 0 Å². The molecule has 0 spiro atoms. The summed E-state index contributed by atoms with van der Waals surface area (Å²) < 4.78 is 0. The molecule has 2 unspecified atom stereocenters. The smallest absolute Gasteiger partial charge is 0.167 e. The van der Waals surface area contributed by atoms with E-state index in [1.807, 2.05) is 7.05 Å². The van der Waals surface area contributed by atoms with Gasteiger partial charge in [-0.3, -0.25) is 0 Å². The second-order valence-corrected chi connectivity index (χ2v) is 7.35. The fourth-order valence-corrected chi connectivity index (χ4v) is 4.28. The Morgan fingerprint density at radius 2 is 1.89 bits per heavy atom. The van der Waals surface area contributed by atoms with Gasteiger partial charge in [0.25, 0.3) is 0 Å². The molecule has 5 heterocycles. The summed E-state index contributed by atoms with van der Waals surface area (Å²) in [5.74, 6) is 3.26. The molecule has 140 valence electrons. The van der Waals surface area contributed by atoms with Crippen LogP contribution in [0, 0.1) is 11.8 Å². The summed E-state index contributed by atoms with van der Waals surface area (Å²) in [5.41, 5.74) is 9.26. The van der Waals surface area contributed by atoms with Crippen LogP contribution in [-0.2, 0) is 0 Å². The van der Waals surface area contributed by atoms with Gasteiger partial charge in [-0.05, 0) is 11.8 Å². The van der Waals surface area contributed by atoms with Crippen molar-refractivity contribution < 1.29 is 0 Å². The molecule has 1 aliphatic heterocycles. The van der Waals surface area contributed by atoms with Crippen LogP contribution in [0.25, 0.3) is 33.5 Å². The first-order valence-electron chi connectivity index (χ1n) is 9.22. The van der Waals surface area contributed by atoms with Crippen molar-refractivity contribution in [2.45, 2.75) is 6.04 Å². The normalized spacial score (nSPS) is 23.4. The van der Waals surface area contributed by atoms with E-state index < -0.39 is 0 Å². The van der Waals surface area contributed by atoms with Gasteiger partial charge in [0, 0.05) is 38.6 Å². The molecule has 10 heteroatoms. The molecule has 2 atom stereocenters. The predicted molar refractivity (Wildman–Crippen MR) is 105 cm³/mol. The molecule has 28 heavy (non-hydrogen) atoms. The number of anilines is 2. The van der Waals surface area contributed by atoms with Gasteiger partial charge in [-0.25, -0.2) is 29.9 Å². The van der Waals surface area contributed by atoms with E-state index in [0.717, 1.165) is 52.4 Å². The molecule has 0 bridgehead atoms. The number of aromatic nitrogens is 7. The minimum Gasteiger partial charge on any atom is -0.371 e. The van der Waals surface area contributed by atoms with Crippen LogP contribution in [0.1, 0.15) is 0 Å². The second kappa shape index (κ2) is 5.55. The molecule has 0 amide bonds. The third-order valence-corrected chi connectivity index (χ3v) is 5.83. The van der Waals surface area contributed by atoms with Crippen LogP contribution in [0.5, 0.6) is 0 Å². The van der Waals surface area contributed by atoms with Crippen LogP contribution in [0.3, 0.4) is 0 Å². The lowest BCUT2D eigenvalue weighted by Gasteiger charge is -2.21. The van der Waals surface area contributed by atoms with Gasteiger partial charge in [-0.15, -0.1) is 0 Å². The molecule has 4 N–H and O–H groups in total. The third-order valence-electron chi connectivity index (χ3n) is 5.83. The van der Waals surface area contributed by atoms with Gasteiger partial charge in [-0.1, -0.05) is 0 Å². The van der Waals surface area contributed by atoms with E-state index in [0.29, 0.717) is 23.7 Å². The molecule has 10 nitrogen and oxygen atoms in total. The highest BCUT2D eigenvalue weighted by Crippen LogP contribution is 2.46. The number of nitrogens with two attached hydrogens (primary N) is 1. The van der Waals surface area contributed by atoms with Crippen LogP contribution >= 0.6 is 0 Å². The largest absolute Gasteiger partial charge is 0.371 e. The minimum absolute atomic E-state index is 0.316. The molecule has 2 fully saturated rings. The van der Waals surface area contributed by atoms with E-state index in [1.54, 1.807) is 18.7 Å². The van der Waals surface area contributed by atoms with Crippen LogP contribution in [0.4, 0.5) is 11.6 Å². The molecule has 2 aliphatic rings. The zero-order chi connectivity index (χ0) is 18.8. The summed E-state index contributed by atoms with van der Waals surface area (Å²) >= 11 is 0. The van der Waals surface area contributed by atoms with E-state index in [9.17, 15) is 0 Å². The van der Waals surface area contributed by atoms with E-state index in [-0.39, 0.29) is 0 Å². The number of hydrogen-bond acceptors (Lipinski definition) is 9. The zero-order valence-electron chi connectivity index (χ0n) is 15.2. The lowest BCUT2D eigenvalue weighted by atomic mass is 10.2. The topological polar surface area (TPSA) is 134 Å². The molecular weight excluding hydrogens is 356 g/mol. The van der Waals surface area contributed by atoms with Gasteiger partial charge in [0.2, 0.25) is 0 Å². The number of aromatic amines is 1. The number of rotatable bonds is 3. The molecule has 0 radical (unpaired) electrons. The number of H-pyrrole nitrogens is 1. The van der Waals surface area contributed by atoms with Gasteiger partial charge in [0.1, 0.15) is 35.2 Å². The molecule has 4 aromatic heterocycles. The Morgan fingerprint density at radius 3 is 2.64 bits per heavy atom. The van der Waals surface area contributed by atoms with Crippen molar-refractivity contribution >= 4 is 33.7 Å². The number of hydrogen-bond donors (Lipinski definition) is 3. The second-order valence-electron chi connectivity index (χ2n) is 7.35. The predicted octanol–water partition coefficient (Wildman–Crippen LogP) is 0.793. The summed E-state index contributed by atoms with van der Waals surface area (Å²) in [6.07, 6.45) is 6.49. The van der Waals surface area contributed by atoms with E-state index >= 15 is 0 Å². The van der Waals surface area contributed by atoms with Gasteiger partial charge >= 0.3 is 0 Å². The van der Waals surface area contributed by atoms with Gasteiger partial charge in [-0.2, -0.15) is 0 Å². The first kappa shape index (κ1) is 15.6. The van der Waals surface area contributed by atoms with Gasteiger partial charge in [0.15, 0.2) is 11.6 Å². The molecule has 1 saturated carbocycles. The summed E-state index contributed by atoms with van der Waals surface area (Å²) in [5, 5.41) is 4.01. The van der Waals surface area contributed by atoms with Crippen LogP contribution < -0.4 is 16.0 Å². The van der Waals surface area contributed by atoms with Gasteiger partial charge < -0.3 is 20.9 Å². The Bertz CT molecular complexity index is 1190. The van der Waals surface area contributed by atoms with Crippen molar-refractivity contribution in [3.8, 4) is 11.4 Å². The van der Waals surface area contributed by atoms with E-state index in [2.05, 4.69) is 35.1 Å². The number of nitrogens with one attached hydrogen (secondary N) is 2. The molecule has 6 rings (SSSR count). The van der Waals surface area contributed by atoms with Crippen molar-refractivity contribution in [2.24, 2.45) is 17.6 Å². The molecule has 0 aromatic carbocycles. The average Bonchev–Trinajstić information content (AvgIpc) is 3.10. The van der Waals surface area contributed by atoms with Crippen molar-refractivity contribution in [2.75, 3.05) is 30.4 Å². The quantitative estimate of drug-likeness (QED) is 0.476. The Kier molecular flexibility index (Phi) is 3.10. The highest BCUT2D eigenvalue weighted by Gasteiger charge is 2.54. The Balaban J connectivity index is 1.61. The Hall–Kier alpha value is -3.40. The highest BCUT2D eigenvalue weighted by molar-refractivity contribution is 6.12. The number of piperidine rings is 1. The lowest BCUT2D eigenvalue weighted by Crippen LogP contribution is -2.29. The number of nitrogens with zero attached hydrogens (tertiary/aromatic N) is 7.